The minimum atomic E-state index is 0.983. The second-order valence-electron chi connectivity index (χ2n) is 3.80. The third-order valence-corrected chi connectivity index (χ3v) is 3.65. The fraction of sp³-hybridized carbons (Fsp3) is 0.154. The maximum absolute atomic E-state index is 4.16. The van der Waals surface area contributed by atoms with E-state index in [-0.39, 0.29) is 0 Å². The molecular formula is C13H14IN3. The zero-order chi connectivity index (χ0) is 12.3. The van der Waals surface area contributed by atoms with Crippen molar-refractivity contribution in [2.24, 2.45) is 0 Å². The van der Waals surface area contributed by atoms with Crippen molar-refractivity contribution in [3.63, 3.8) is 0 Å². The first-order valence-electron chi connectivity index (χ1n) is 5.35. The van der Waals surface area contributed by atoms with Gasteiger partial charge >= 0.3 is 0 Å². The van der Waals surface area contributed by atoms with Crippen LogP contribution in [0.15, 0.2) is 36.7 Å². The minimum absolute atomic E-state index is 0.983. The van der Waals surface area contributed by atoms with E-state index < -0.39 is 0 Å². The Morgan fingerprint density at radius 3 is 2.53 bits per heavy atom. The zero-order valence-electron chi connectivity index (χ0n) is 9.79. The highest BCUT2D eigenvalue weighted by Crippen LogP contribution is 2.22. The number of nitrogens with zero attached hydrogens (tertiary/aromatic N) is 1. The van der Waals surface area contributed by atoms with Crippen LogP contribution in [0.4, 0.5) is 17.1 Å². The molecule has 0 aliphatic heterocycles. The topological polar surface area (TPSA) is 37.0 Å². The molecule has 1 aromatic carbocycles. The molecule has 0 aliphatic carbocycles. The first-order valence-corrected chi connectivity index (χ1v) is 6.43. The molecule has 0 fully saturated rings. The monoisotopic (exact) mass is 339 g/mol. The number of hydrogen-bond donors (Lipinski definition) is 2. The van der Waals surface area contributed by atoms with Crippen molar-refractivity contribution in [2.75, 3.05) is 17.7 Å². The van der Waals surface area contributed by atoms with E-state index in [9.17, 15) is 0 Å². The molecule has 0 amide bonds. The smallest absolute Gasteiger partial charge is 0.0591 e. The molecule has 0 unspecified atom stereocenters. The summed E-state index contributed by atoms with van der Waals surface area (Å²) in [7, 11) is 1.88. The number of nitrogens with one attached hydrogen (secondary N) is 2. The van der Waals surface area contributed by atoms with Gasteiger partial charge in [-0.15, -0.1) is 0 Å². The Balaban J connectivity index is 2.22. The molecule has 88 valence electrons. The minimum Gasteiger partial charge on any atom is -0.387 e. The first-order chi connectivity index (χ1) is 8.19. The van der Waals surface area contributed by atoms with E-state index in [1.54, 1.807) is 6.20 Å². The molecule has 2 rings (SSSR count). The van der Waals surface area contributed by atoms with Crippen LogP contribution in [0.2, 0.25) is 0 Å². The summed E-state index contributed by atoms with van der Waals surface area (Å²) in [6.07, 6.45) is 3.61. The highest BCUT2D eigenvalue weighted by molar-refractivity contribution is 14.1. The Hall–Kier alpha value is -1.30. The normalized spacial score (nSPS) is 10.1. The largest absolute Gasteiger partial charge is 0.387 e. The Labute approximate surface area is 115 Å². The molecule has 17 heavy (non-hydrogen) atoms. The second kappa shape index (κ2) is 5.35. The van der Waals surface area contributed by atoms with Crippen molar-refractivity contribution in [3.8, 4) is 0 Å². The molecule has 4 heteroatoms. The van der Waals surface area contributed by atoms with Crippen LogP contribution in [-0.2, 0) is 0 Å². The maximum Gasteiger partial charge on any atom is 0.0591 e. The molecule has 1 heterocycles. The predicted octanol–water partition coefficient (Wildman–Crippen LogP) is 3.78. The van der Waals surface area contributed by atoms with E-state index in [0.29, 0.717) is 0 Å². The van der Waals surface area contributed by atoms with Gasteiger partial charge in [0.1, 0.15) is 0 Å². The van der Waals surface area contributed by atoms with E-state index in [1.165, 1.54) is 9.13 Å². The van der Waals surface area contributed by atoms with Crippen molar-refractivity contribution in [2.45, 2.75) is 6.92 Å². The number of pyridine rings is 1. The van der Waals surface area contributed by atoms with Crippen molar-refractivity contribution in [1.82, 2.24) is 4.98 Å². The Kier molecular flexibility index (Phi) is 3.83. The number of anilines is 3. The van der Waals surface area contributed by atoms with Gasteiger partial charge in [0.05, 0.1) is 23.8 Å². The molecule has 0 bridgehead atoms. The van der Waals surface area contributed by atoms with E-state index in [2.05, 4.69) is 63.3 Å². The molecule has 0 spiro atoms. The van der Waals surface area contributed by atoms with Crippen LogP contribution in [0.3, 0.4) is 0 Å². The molecule has 3 nitrogen and oxygen atoms in total. The van der Waals surface area contributed by atoms with Gasteiger partial charge in [0.25, 0.3) is 0 Å². The summed E-state index contributed by atoms with van der Waals surface area (Å²) in [5.41, 5.74) is 4.35. The number of hydrogen-bond acceptors (Lipinski definition) is 3. The van der Waals surface area contributed by atoms with Gasteiger partial charge < -0.3 is 10.6 Å². The third-order valence-electron chi connectivity index (χ3n) is 2.49. The quantitative estimate of drug-likeness (QED) is 0.836. The van der Waals surface area contributed by atoms with Gasteiger partial charge in [-0.05, 0) is 53.3 Å². The summed E-state index contributed by atoms with van der Waals surface area (Å²) in [5.74, 6) is 0. The van der Waals surface area contributed by atoms with Gasteiger partial charge in [0.15, 0.2) is 0 Å². The highest BCUT2D eigenvalue weighted by Gasteiger charge is 1.99. The molecule has 0 saturated heterocycles. The Morgan fingerprint density at radius 1 is 1.06 bits per heavy atom. The fourth-order valence-corrected chi connectivity index (χ4v) is 2.00. The second-order valence-corrected chi connectivity index (χ2v) is 4.96. The van der Waals surface area contributed by atoms with Gasteiger partial charge in [-0.25, -0.2) is 0 Å². The van der Waals surface area contributed by atoms with Crippen LogP contribution in [-0.4, -0.2) is 12.0 Å². The average Bonchev–Trinajstić information content (AvgIpc) is 2.34. The lowest BCUT2D eigenvalue weighted by Crippen LogP contribution is -1.95. The van der Waals surface area contributed by atoms with Gasteiger partial charge in [-0.2, -0.15) is 0 Å². The molecule has 0 atom stereocenters. The molecular weight excluding hydrogens is 325 g/mol. The van der Waals surface area contributed by atoms with Crippen LogP contribution in [0, 0.1) is 10.5 Å². The van der Waals surface area contributed by atoms with Crippen LogP contribution in [0.25, 0.3) is 0 Å². The number of halogens is 1. The van der Waals surface area contributed by atoms with Crippen LogP contribution >= 0.6 is 22.6 Å². The Morgan fingerprint density at radius 2 is 1.82 bits per heavy atom. The molecule has 0 saturated carbocycles. The van der Waals surface area contributed by atoms with E-state index in [0.717, 1.165) is 17.1 Å². The summed E-state index contributed by atoms with van der Waals surface area (Å²) in [6.45, 7) is 2.11. The lowest BCUT2D eigenvalue weighted by atomic mass is 10.2. The van der Waals surface area contributed by atoms with Crippen molar-refractivity contribution >= 4 is 39.7 Å². The predicted molar refractivity (Wildman–Crippen MR) is 81.0 cm³/mol. The average molecular weight is 339 g/mol. The fourth-order valence-electron chi connectivity index (χ4n) is 1.48. The van der Waals surface area contributed by atoms with Gasteiger partial charge in [-0.1, -0.05) is 6.07 Å². The van der Waals surface area contributed by atoms with Crippen LogP contribution in [0.1, 0.15) is 5.56 Å². The number of aromatic nitrogens is 1. The standard InChI is InChI=1S/C13H14IN3/c1-9-3-4-10(6-13(9)14)17-12-5-11(15-2)7-16-8-12/h3-8,15,17H,1-2H3. The Bertz CT molecular complexity index is 526. The summed E-state index contributed by atoms with van der Waals surface area (Å²) < 4.78 is 1.25. The van der Waals surface area contributed by atoms with Crippen LogP contribution < -0.4 is 10.6 Å². The molecule has 0 radical (unpaired) electrons. The van der Waals surface area contributed by atoms with Gasteiger partial charge in [0, 0.05) is 16.3 Å². The summed E-state index contributed by atoms with van der Waals surface area (Å²) in [4.78, 5) is 4.16. The molecule has 2 N–H and O–H groups in total. The lowest BCUT2D eigenvalue weighted by Gasteiger charge is -2.09. The molecule has 2 aromatic rings. The van der Waals surface area contributed by atoms with Gasteiger partial charge in [-0.3, -0.25) is 4.98 Å². The zero-order valence-corrected chi connectivity index (χ0v) is 11.9. The van der Waals surface area contributed by atoms with E-state index in [1.807, 2.05) is 19.3 Å². The van der Waals surface area contributed by atoms with E-state index >= 15 is 0 Å². The van der Waals surface area contributed by atoms with Crippen molar-refractivity contribution in [3.05, 3.63) is 45.8 Å². The lowest BCUT2D eigenvalue weighted by molar-refractivity contribution is 1.30. The maximum atomic E-state index is 4.16. The first kappa shape index (κ1) is 12.2. The highest BCUT2D eigenvalue weighted by atomic mass is 127. The van der Waals surface area contributed by atoms with Crippen molar-refractivity contribution in [1.29, 1.82) is 0 Å². The van der Waals surface area contributed by atoms with Crippen LogP contribution in [0.5, 0.6) is 0 Å². The SMILES string of the molecule is CNc1cncc(Nc2ccc(C)c(I)c2)c1. The summed E-state index contributed by atoms with van der Waals surface area (Å²) in [5, 5.41) is 6.41. The number of benzene rings is 1. The van der Waals surface area contributed by atoms with E-state index in [4.69, 9.17) is 0 Å². The number of aryl methyl sites for hydroxylation is 1. The number of rotatable bonds is 3. The molecule has 1 aromatic heterocycles. The van der Waals surface area contributed by atoms with Gasteiger partial charge in [0.2, 0.25) is 0 Å². The molecule has 0 aliphatic rings. The van der Waals surface area contributed by atoms with Crippen molar-refractivity contribution < 1.29 is 0 Å². The summed E-state index contributed by atoms with van der Waals surface area (Å²) >= 11 is 2.34. The third kappa shape index (κ3) is 3.09. The summed E-state index contributed by atoms with van der Waals surface area (Å²) in [6, 6.07) is 8.34.